The highest BCUT2D eigenvalue weighted by Gasteiger charge is 2.34. The smallest absolute Gasteiger partial charge is 0.279 e. The molecule has 1 atom stereocenters. The van der Waals surface area contributed by atoms with Gasteiger partial charge in [0, 0.05) is 25.1 Å². The zero-order valence-electron chi connectivity index (χ0n) is 15.5. The summed E-state index contributed by atoms with van der Waals surface area (Å²) in [6.07, 6.45) is -0.152. The van der Waals surface area contributed by atoms with Gasteiger partial charge in [0.25, 0.3) is 5.56 Å². The Balaban J connectivity index is 1.76. The number of hydrogen-bond donors (Lipinski definition) is 1. The molecule has 8 heteroatoms. The van der Waals surface area contributed by atoms with Gasteiger partial charge in [-0.3, -0.25) is 9.59 Å². The fraction of sp³-hybridized carbons (Fsp3) is 0.190. The van der Waals surface area contributed by atoms with Gasteiger partial charge in [0.2, 0.25) is 5.91 Å². The number of nitrogens with zero attached hydrogens (tertiary/aromatic N) is 2. The summed E-state index contributed by atoms with van der Waals surface area (Å²) in [5.41, 5.74) is 0.654. The van der Waals surface area contributed by atoms with Crippen LogP contribution in [0.15, 0.2) is 58.5 Å². The molecule has 1 amide bonds. The molecule has 3 aromatic rings. The minimum atomic E-state index is -1.05. The van der Waals surface area contributed by atoms with Crippen molar-refractivity contribution >= 4 is 23.5 Å². The maximum Gasteiger partial charge on any atom is 0.279 e. The standard InChI is InChI=1S/C21H17F2N3O2S/c1-26-19-17(20(28)25-21(26)29-11-12-6-3-2-4-7-12)14(10-16(27)24-19)13-8-5-9-15(22)18(13)23/h2-9,14H,10-11H2,1H3,(H,24,27)/t14-/m0/s1. The maximum absolute atomic E-state index is 14.4. The number of rotatable bonds is 4. The van der Waals surface area contributed by atoms with Crippen molar-refractivity contribution in [3.8, 4) is 0 Å². The topological polar surface area (TPSA) is 64.0 Å². The van der Waals surface area contributed by atoms with E-state index in [2.05, 4.69) is 10.3 Å². The number of carbonyl (C=O) groups is 1. The highest BCUT2D eigenvalue weighted by atomic mass is 32.2. The van der Waals surface area contributed by atoms with Crippen LogP contribution < -0.4 is 10.9 Å². The van der Waals surface area contributed by atoms with Crippen LogP contribution in [0.1, 0.15) is 29.0 Å². The number of fused-ring (bicyclic) bond motifs is 1. The third-order valence-corrected chi connectivity index (χ3v) is 5.97. The summed E-state index contributed by atoms with van der Waals surface area (Å²) >= 11 is 1.36. The van der Waals surface area contributed by atoms with Crippen LogP contribution in [-0.4, -0.2) is 15.5 Å². The second kappa shape index (κ2) is 7.79. The van der Waals surface area contributed by atoms with Gasteiger partial charge in [-0.2, -0.15) is 4.98 Å². The quantitative estimate of drug-likeness (QED) is 0.522. The minimum absolute atomic E-state index is 0.0234. The molecule has 2 aromatic carbocycles. The van der Waals surface area contributed by atoms with E-state index in [0.717, 1.165) is 11.6 Å². The Morgan fingerprint density at radius 1 is 1.14 bits per heavy atom. The molecule has 2 heterocycles. The fourth-order valence-electron chi connectivity index (χ4n) is 3.44. The van der Waals surface area contributed by atoms with Crippen LogP contribution in [0, 0.1) is 11.6 Å². The van der Waals surface area contributed by atoms with Gasteiger partial charge < -0.3 is 9.88 Å². The van der Waals surface area contributed by atoms with E-state index in [0.29, 0.717) is 10.9 Å². The van der Waals surface area contributed by atoms with Gasteiger partial charge in [0.15, 0.2) is 16.8 Å². The molecule has 29 heavy (non-hydrogen) atoms. The summed E-state index contributed by atoms with van der Waals surface area (Å²) in [6, 6.07) is 13.5. The Bertz CT molecular complexity index is 1150. The second-order valence-corrected chi connectivity index (χ2v) is 7.69. The summed E-state index contributed by atoms with van der Waals surface area (Å²) in [4.78, 5) is 29.3. The Hall–Kier alpha value is -3.00. The first-order valence-corrected chi connectivity index (χ1v) is 9.95. The van der Waals surface area contributed by atoms with Gasteiger partial charge in [-0.25, -0.2) is 8.78 Å². The maximum atomic E-state index is 14.4. The van der Waals surface area contributed by atoms with Crippen LogP contribution in [0.25, 0.3) is 0 Å². The van der Waals surface area contributed by atoms with Gasteiger partial charge in [-0.15, -0.1) is 0 Å². The number of halogens is 2. The molecule has 0 saturated carbocycles. The molecule has 0 unspecified atom stereocenters. The van der Waals surface area contributed by atoms with E-state index < -0.39 is 23.1 Å². The molecule has 0 radical (unpaired) electrons. The predicted octanol–water partition coefficient (Wildman–Crippen LogP) is 3.82. The van der Waals surface area contributed by atoms with E-state index in [9.17, 15) is 18.4 Å². The second-order valence-electron chi connectivity index (χ2n) is 6.74. The Morgan fingerprint density at radius 3 is 2.66 bits per heavy atom. The third-order valence-electron chi connectivity index (χ3n) is 4.87. The number of anilines is 1. The zero-order valence-corrected chi connectivity index (χ0v) is 16.3. The lowest BCUT2D eigenvalue weighted by molar-refractivity contribution is -0.116. The van der Waals surface area contributed by atoms with Crippen molar-refractivity contribution in [2.45, 2.75) is 23.2 Å². The first-order chi connectivity index (χ1) is 14.0. The van der Waals surface area contributed by atoms with Crippen LogP contribution in [0.4, 0.5) is 14.6 Å². The van der Waals surface area contributed by atoms with Gasteiger partial charge in [-0.1, -0.05) is 54.2 Å². The molecular weight excluding hydrogens is 396 g/mol. The number of thioether (sulfide) groups is 1. The van der Waals surface area contributed by atoms with Gasteiger partial charge in [-0.05, 0) is 17.2 Å². The number of amides is 1. The first-order valence-electron chi connectivity index (χ1n) is 8.97. The predicted molar refractivity (Wildman–Crippen MR) is 107 cm³/mol. The van der Waals surface area contributed by atoms with Crippen LogP contribution in [0.2, 0.25) is 0 Å². The highest BCUT2D eigenvalue weighted by Crippen LogP contribution is 2.37. The molecular formula is C21H17F2N3O2S. The van der Waals surface area contributed by atoms with Crippen LogP contribution in [-0.2, 0) is 17.6 Å². The lowest BCUT2D eigenvalue weighted by atomic mass is 9.86. The lowest BCUT2D eigenvalue weighted by Crippen LogP contribution is -2.34. The molecule has 0 bridgehead atoms. The number of nitrogens with one attached hydrogen (secondary N) is 1. The van der Waals surface area contributed by atoms with Crippen molar-refractivity contribution in [1.82, 2.24) is 9.55 Å². The lowest BCUT2D eigenvalue weighted by Gasteiger charge is -2.27. The minimum Gasteiger partial charge on any atom is -0.312 e. The molecule has 148 valence electrons. The summed E-state index contributed by atoms with van der Waals surface area (Å²) in [7, 11) is 1.68. The normalized spacial score (nSPS) is 15.7. The Labute approximate surface area is 169 Å². The van der Waals surface area contributed by atoms with Gasteiger partial charge >= 0.3 is 0 Å². The summed E-state index contributed by atoms with van der Waals surface area (Å²) in [6.45, 7) is 0. The van der Waals surface area contributed by atoms with Crippen LogP contribution >= 0.6 is 11.8 Å². The average molecular weight is 413 g/mol. The number of hydrogen-bond acceptors (Lipinski definition) is 4. The van der Waals surface area contributed by atoms with Crippen LogP contribution in [0.5, 0.6) is 0 Å². The van der Waals surface area contributed by atoms with Crippen molar-refractivity contribution < 1.29 is 13.6 Å². The molecule has 0 spiro atoms. The fourth-order valence-corrected chi connectivity index (χ4v) is 4.36. The van der Waals surface area contributed by atoms with E-state index in [4.69, 9.17) is 0 Å². The van der Waals surface area contributed by atoms with Crippen molar-refractivity contribution in [2.24, 2.45) is 7.05 Å². The third kappa shape index (κ3) is 3.67. The molecule has 1 N–H and O–H groups in total. The number of carbonyl (C=O) groups excluding carboxylic acids is 1. The molecule has 5 nitrogen and oxygen atoms in total. The Kier molecular flexibility index (Phi) is 5.19. The largest absolute Gasteiger partial charge is 0.312 e. The van der Waals surface area contributed by atoms with Crippen molar-refractivity contribution in [3.63, 3.8) is 0 Å². The van der Waals surface area contributed by atoms with E-state index in [1.54, 1.807) is 11.6 Å². The van der Waals surface area contributed by atoms with Crippen molar-refractivity contribution in [3.05, 3.63) is 87.2 Å². The summed E-state index contributed by atoms with van der Waals surface area (Å²) in [5.74, 6) is -2.47. The number of benzene rings is 2. The van der Waals surface area contributed by atoms with E-state index in [1.165, 1.54) is 23.9 Å². The highest BCUT2D eigenvalue weighted by molar-refractivity contribution is 7.98. The molecule has 4 rings (SSSR count). The molecule has 0 fully saturated rings. The van der Waals surface area contributed by atoms with Gasteiger partial charge in [0.05, 0.1) is 5.56 Å². The molecule has 1 aliphatic rings. The van der Waals surface area contributed by atoms with E-state index >= 15 is 0 Å². The monoisotopic (exact) mass is 413 g/mol. The van der Waals surface area contributed by atoms with Crippen molar-refractivity contribution in [1.29, 1.82) is 0 Å². The molecule has 0 saturated heterocycles. The van der Waals surface area contributed by atoms with E-state index in [1.807, 2.05) is 30.3 Å². The first kappa shape index (κ1) is 19.3. The van der Waals surface area contributed by atoms with Crippen molar-refractivity contribution in [2.75, 3.05) is 5.32 Å². The zero-order chi connectivity index (χ0) is 20.5. The SMILES string of the molecule is Cn1c(SCc2ccccc2)nc(=O)c2c1NC(=O)C[C@H]2c1cccc(F)c1F. The van der Waals surface area contributed by atoms with Crippen LogP contribution in [0.3, 0.4) is 0 Å². The molecule has 1 aromatic heterocycles. The average Bonchev–Trinajstić information content (AvgIpc) is 2.71. The Morgan fingerprint density at radius 2 is 1.90 bits per heavy atom. The molecule has 0 aliphatic carbocycles. The number of aromatic nitrogens is 2. The van der Waals surface area contributed by atoms with E-state index in [-0.39, 0.29) is 29.3 Å². The summed E-state index contributed by atoms with van der Waals surface area (Å²) in [5, 5.41) is 3.12. The summed E-state index contributed by atoms with van der Waals surface area (Å²) < 4.78 is 29.7. The van der Waals surface area contributed by atoms with Gasteiger partial charge in [0.1, 0.15) is 5.82 Å². The molecule has 1 aliphatic heterocycles.